The third-order valence-corrected chi connectivity index (χ3v) is 5.58. The van der Waals surface area contributed by atoms with Gasteiger partial charge in [0, 0.05) is 36.1 Å². The third-order valence-electron chi connectivity index (χ3n) is 5.58. The Bertz CT molecular complexity index is 1080. The maximum atomic E-state index is 12.9. The smallest absolute Gasteiger partial charge is 0.275 e. The van der Waals surface area contributed by atoms with E-state index in [9.17, 15) is 9.59 Å². The second-order valence-electron chi connectivity index (χ2n) is 7.26. The fourth-order valence-electron chi connectivity index (χ4n) is 4.24. The Kier molecular flexibility index (Phi) is 3.79. The number of hydrogen-bond acceptors (Lipinski definition) is 4. The first-order valence-corrected chi connectivity index (χ1v) is 9.29. The Balaban J connectivity index is 1.57. The molecule has 2 saturated heterocycles. The number of fused-ring (bicyclic) bond motifs is 3. The predicted octanol–water partition coefficient (Wildman–Crippen LogP) is 1.64. The van der Waals surface area contributed by atoms with Crippen LogP contribution in [0.25, 0.3) is 22.0 Å². The van der Waals surface area contributed by atoms with Crippen molar-refractivity contribution in [2.24, 2.45) is 0 Å². The molecular weight excluding hydrogens is 340 g/mol. The van der Waals surface area contributed by atoms with Crippen LogP contribution in [0.15, 0.2) is 59.4 Å². The molecule has 1 amide bonds. The van der Waals surface area contributed by atoms with E-state index in [4.69, 9.17) is 0 Å². The average Bonchev–Trinajstić information content (AvgIpc) is 3.34. The van der Waals surface area contributed by atoms with Crippen LogP contribution in [0, 0.1) is 0 Å². The number of nitrogens with zero attached hydrogens (tertiary/aromatic N) is 3. The molecule has 2 atom stereocenters. The number of aromatic nitrogens is 2. The molecule has 2 aromatic carbocycles. The number of nitrogens with one attached hydrogen (secondary N) is 1. The summed E-state index contributed by atoms with van der Waals surface area (Å²) in [4.78, 5) is 27.7. The molecule has 0 aliphatic carbocycles. The fourth-order valence-corrected chi connectivity index (χ4v) is 4.24. The summed E-state index contributed by atoms with van der Waals surface area (Å²) in [7, 11) is 0. The first-order valence-electron chi connectivity index (χ1n) is 9.29. The minimum absolute atomic E-state index is 0.0211. The van der Waals surface area contributed by atoms with Crippen LogP contribution in [0.2, 0.25) is 0 Å². The number of carbonyl (C=O) groups excluding carboxylic acids is 1. The predicted molar refractivity (Wildman–Crippen MR) is 103 cm³/mol. The Morgan fingerprint density at radius 2 is 1.81 bits per heavy atom. The Hall–Kier alpha value is -2.99. The monoisotopic (exact) mass is 360 g/mol. The van der Waals surface area contributed by atoms with E-state index in [0.717, 1.165) is 36.2 Å². The molecule has 136 valence electrons. The van der Waals surface area contributed by atoms with E-state index < -0.39 is 0 Å². The minimum Gasteiger partial charge on any atom is -0.335 e. The second-order valence-corrected chi connectivity index (χ2v) is 7.26. The SMILES string of the molecule is O=C(Cn1nc(-c2ccccc2)c2ccccc2c1=O)N1C[C@@H]2C[C@H]1CN2. The lowest BCUT2D eigenvalue weighted by Crippen LogP contribution is -2.48. The van der Waals surface area contributed by atoms with E-state index in [1.165, 1.54) is 4.68 Å². The highest BCUT2D eigenvalue weighted by Gasteiger charge is 2.40. The summed E-state index contributed by atoms with van der Waals surface area (Å²) < 4.78 is 1.33. The molecule has 0 saturated carbocycles. The summed E-state index contributed by atoms with van der Waals surface area (Å²) in [6.07, 6.45) is 1.00. The van der Waals surface area contributed by atoms with Gasteiger partial charge in [-0.05, 0) is 12.5 Å². The van der Waals surface area contributed by atoms with Crippen molar-refractivity contribution in [3.63, 3.8) is 0 Å². The van der Waals surface area contributed by atoms with Crippen LogP contribution in [-0.4, -0.2) is 45.8 Å². The van der Waals surface area contributed by atoms with Crippen molar-refractivity contribution in [3.8, 4) is 11.3 Å². The van der Waals surface area contributed by atoms with Gasteiger partial charge in [-0.1, -0.05) is 48.5 Å². The number of amides is 1. The zero-order chi connectivity index (χ0) is 18.4. The van der Waals surface area contributed by atoms with Gasteiger partial charge >= 0.3 is 0 Å². The zero-order valence-corrected chi connectivity index (χ0v) is 14.8. The maximum Gasteiger partial charge on any atom is 0.275 e. The number of rotatable bonds is 3. The van der Waals surface area contributed by atoms with Gasteiger partial charge in [-0.3, -0.25) is 9.59 Å². The molecule has 5 rings (SSSR count). The zero-order valence-electron chi connectivity index (χ0n) is 14.8. The largest absolute Gasteiger partial charge is 0.335 e. The lowest BCUT2D eigenvalue weighted by atomic mass is 10.1. The van der Waals surface area contributed by atoms with E-state index in [0.29, 0.717) is 11.4 Å². The first-order chi connectivity index (χ1) is 13.2. The van der Waals surface area contributed by atoms with Gasteiger partial charge in [0.05, 0.1) is 11.1 Å². The van der Waals surface area contributed by atoms with Gasteiger partial charge in [0.2, 0.25) is 5.91 Å². The van der Waals surface area contributed by atoms with Crippen LogP contribution in [0.5, 0.6) is 0 Å². The molecule has 2 aliphatic heterocycles. The van der Waals surface area contributed by atoms with E-state index in [2.05, 4.69) is 10.4 Å². The summed E-state index contributed by atoms with van der Waals surface area (Å²) in [5.41, 5.74) is 1.43. The van der Waals surface area contributed by atoms with E-state index in [1.54, 1.807) is 6.07 Å². The number of hydrogen-bond donors (Lipinski definition) is 1. The molecule has 6 heteroatoms. The molecular formula is C21H20N4O2. The molecule has 0 radical (unpaired) electrons. The summed E-state index contributed by atoms with van der Waals surface area (Å²) in [6, 6.07) is 17.9. The van der Waals surface area contributed by atoms with Crippen molar-refractivity contribution in [3.05, 3.63) is 65.0 Å². The van der Waals surface area contributed by atoms with Crippen LogP contribution < -0.4 is 10.9 Å². The molecule has 2 aliphatic rings. The van der Waals surface area contributed by atoms with Crippen molar-refractivity contribution in [1.29, 1.82) is 0 Å². The second kappa shape index (κ2) is 6.32. The average molecular weight is 360 g/mol. The van der Waals surface area contributed by atoms with Crippen molar-refractivity contribution in [1.82, 2.24) is 20.0 Å². The number of likely N-dealkylation sites (tertiary alicyclic amines) is 1. The van der Waals surface area contributed by atoms with Gasteiger partial charge in [-0.15, -0.1) is 0 Å². The topological polar surface area (TPSA) is 67.2 Å². The molecule has 3 aromatic rings. The van der Waals surface area contributed by atoms with Crippen LogP contribution >= 0.6 is 0 Å². The van der Waals surface area contributed by atoms with Crippen LogP contribution in [0.4, 0.5) is 0 Å². The Morgan fingerprint density at radius 1 is 1.07 bits per heavy atom. The maximum absolute atomic E-state index is 12.9. The van der Waals surface area contributed by atoms with Gasteiger partial charge in [0.15, 0.2) is 0 Å². The highest BCUT2D eigenvalue weighted by molar-refractivity contribution is 5.93. The Morgan fingerprint density at radius 3 is 2.52 bits per heavy atom. The number of piperazine rings is 1. The number of benzene rings is 2. The highest BCUT2D eigenvalue weighted by atomic mass is 16.2. The summed E-state index contributed by atoms with van der Waals surface area (Å²) in [6.45, 7) is 1.54. The molecule has 0 unspecified atom stereocenters. The molecule has 1 aromatic heterocycles. The quantitative estimate of drug-likeness (QED) is 0.771. The van der Waals surface area contributed by atoms with Gasteiger partial charge in [0.25, 0.3) is 5.56 Å². The van der Waals surface area contributed by atoms with Crippen molar-refractivity contribution in [2.75, 3.05) is 13.1 Å². The lowest BCUT2D eigenvalue weighted by Gasteiger charge is -2.27. The number of carbonyl (C=O) groups is 1. The van der Waals surface area contributed by atoms with Crippen LogP contribution in [0.1, 0.15) is 6.42 Å². The molecule has 2 bridgehead atoms. The van der Waals surface area contributed by atoms with E-state index >= 15 is 0 Å². The normalized spacial score (nSPS) is 21.1. The van der Waals surface area contributed by atoms with Crippen LogP contribution in [0.3, 0.4) is 0 Å². The first kappa shape index (κ1) is 16.2. The molecule has 3 heterocycles. The van der Waals surface area contributed by atoms with E-state index in [-0.39, 0.29) is 24.1 Å². The van der Waals surface area contributed by atoms with Crippen molar-refractivity contribution < 1.29 is 4.79 Å². The summed E-state index contributed by atoms with van der Waals surface area (Å²) in [5, 5.41) is 9.37. The van der Waals surface area contributed by atoms with E-state index in [1.807, 2.05) is 53.4 Å². The summed E-state index contributed by atoms with van der Waals surface area (Å²) >= 11 is 0. The summed E-state index contributed by atoms with van der Waals surface area (Å²) in [5.74, 6) is -0.0344. The fraction of sp³-hybridized carbons (Fsp3) is 0.286. The molecule has 6 nitrogen and oxygen atoms in total. The van der Waals surface area contributed by atoms with Crippen molar-refractivity contribution in [2.45, 2.75) is 25.0 Å². The molecule has 0 spiro atoms. The van der Waals surface area contributed by atoms with Gasteiger partial charge in [-0.25, -0.2) is 4.68 Å². The highest BCUT2D eigenvalue weighted by Crippen LogP contribution is 2.25. The van der Waals surface area contributed by atoms with Crippen LogP contribution in [-0.2, 0) is 11.3 Å². The van der Waals surface area contributed by atoms with Gasteiger partial charge in [-0.2, -0.15) is 5.10 Å². The third kappa shape index (κ3) is 2.73. The van der Waals surface area contributed by atoms with Gasteiger partial charge in [0.1, 0.15) is 6.54 Å². The lowest BCUT2D eigenvalue weighted by molar-refractivity contribution is -0.133. The minimum atomic E-state index is -0.221. The molecule has 2 fully saturated rings. The van der Waals surface area contributed by atoms with Gasteiger partial charge < -0.3 is 10.2 Å². The molecule has 27 heavy (non-hydrogen) atoms. The Labute approximate surface area is 156 Å². The standard InChI is InChI=1S/C21H20N4O2/c26-19(24-12-15-10-16(24)11-22-15)13-25-21(27)18-9-5-4-8-17(18)20(23-25)14-6-2-1-3-7-14/h1-9,15-16,22H,10-13H2/t15-,16-/m0/s1. The van der Waals surface area contributed by atoms with Crippen molar-refractivity contribution >= 4 is 16.7 Å². The molecule has 1 N–H and O–H groups in total.